The Morgan fingerprint density at radius 2 is 1.87 bits per heavy atom. The summed E-state index contributed by atoms with van der Waals surface area (Å²) in [6.45, 7) is 11.5. The molecule has 0 aromatic carbocycles. The molecule has 3 heteroatoms. The van der Waals surface area contributed by atoms with Crippen LogP contribution in [0.25, 0.3) is 0 Å². The molecule has 0 bridgehead atoms. The SMILES string of the molecule is CCNc1nc(CC)nc(C(C)C)c1C. The van der Waals surface area contributed by atoms with E-state index in [9.17, 15) is 0 Å². The summed E-state index contributed by atoms with van der Waals surface area (Å²) in [7, 11) is 0. The zero-order valence-electron chi connectivity index (χ0n) is 10.4. The lowest BCUT2D eigenvalue weighted by Crippen LogP contribution is -2.10. The number of rotatable bonds is 4. The van der Waals surface area contributed by atoms with E-state index < -0.39 is 0 Å². The summed E-state index contributed by atoms with van der Waals surface area (Å²) in [5, 5.41) is 3.29. The summed E-state index contributed by atoms with van der Waals surface area (Å²) in [5.74, 6) is 2.38. The lowest BCUT2D eigenvalue weighted by molar-refractivity contribution is 0.775. The molecule has 1 rings (SSSR count). The van der Waals surface area contributed by atoms with Gasteiger partial charge in [-0.15, -0.1) is 0 Å². The molecule has 0 unspecified atom stereocenters. The molecule has 15 heavy (non-hydrogen) atoms. The number of nitrogens with zero attached hydrogens (tertiary/aromatic N) is 2. The first-order chi connectivity index (χ1) is 7.10. The van der Waals surface area contributed by atoms with Gasteiger partial charge in [-0.2, -0.15) is 0 Å². The van der Waals surface area contributed by atoms with Gasteiger partial charge >= 0.3 is 0 Å². The van der Waals surface area contributed by atoms with E-state index in [0.717, 1.165) is 30.3 Å². The number of aryl methyl sites for hydroxylation is 1. The second-order valence-corrected chi connectivity index (χ2v) is 4.04. The smallest absolute Gasteiger partial charge is 0.132 e. The first kappa shape index (κ1) is 12.0. The summed E-state index contributed by atoms with van der Waals surface area (Å²) in [4.78, 5) is 9.08. The van der Waals surface area contributed by atoms with Gasteiger partial charge in [0.15, 0.2) is 0 Å². The van der Waals surface area contributed by atoms with Crippen molar-refractivity contribution in [1.29, 1.82) is 0 Å². The Hall–Kier alpha value is -1.12. The fourth-order valence-corrected chi connectivity index (χ4v) is 1.64. The molecule has 0 aliphatic rings. The van der Waals surface area contributed by atoms with Crippen molar-refractivity contribution in [3.63, 3.8) is 0 Å². The molecule has 1 aromatic rings. The van der Waals surface area contributed by atoms with Gasteiger partial charge in [-0.1, -0.05) is 20.8 Å². The zero-order valence-corrected chi connectivity index (χ0v) is 10.4. The van der Waals surface area contributed by atoms with Crippen LogP contribution in [-0.4, -0.2) is 16.5 Å². The summed E-state index contributed by atoms with van der Waals surface area (Å²) in [6, 6.07) is 0. The number of anilines is 1. The fourth-order valence-electron chi connectivity index (χ4n) is 1.64. The maximum Gasteiger partial charge on any atom is 0.132 e. The third-order valence-corrected chi connectivity index (χ3v) is 2.44. The lowest BCUT2D eigenvalue weighted by Gasteiger charge is -2.14. The van der Waals surface area contributed by atoms with Crippen molar-refractivity contribution in [2.24, 2.45) is 0 Å². The van der Waals surface area contributed by atoms with Crippen LogP contribution in [0.4, 0.5) is 5.82 Å². The molecule has 0 fully saturated rings. The Bertz CT molecular complexity index is 332. The first-order valence-corrected chi connectivity index (χ1v) is 5.71. The molecule has 1 heterocycles. The third-order valence-electron chi connectivity index (χ3n) is 2.44. The zero-order chi connectivity index (χ0) is 11.4. The molecule has 0 saturated carbocycles. The Kier molecular flexibility index (Phi) is 4.06. The van der Waals surface area contributed by atoms with Crippen LogP contribution in [0.1, 0.15) is 50.7 Å². The summed E-state index contributed by atoms with van der Waals surface area (Å²) in [6.07, 6.45) is 0.887. The van der Waals surface area contributed by atoms with Crippen LogP contribution < -0.4 is 5.32 Å². The largest absolute Gasteiger partial charge is 0.370 e. The van der Waals surface area contributed by atoms with E-state index in [0.29, 0.717) is 5.92 Å². The van der Waals surface area contributed by atoms with Crippen molar-refractivity contribution in [1.82, 2.24) is 9.97 Å². The Balaban J connectivity index is 3.20. The summed E-state index contributed by atoms with van der Waals surface area (Å²) in [5.41, 5.74) is 2.35. The van der Waals surface area contributed by atoms with Crippen molar-refractivity contribution in [2.75, 3.05) is 11.9 Å². The molecule has 84 valence electrons. The van der Waals surface area contributed by atoms with Crippen LogP contribution in [0, 0.1) is 6.92 Å². The van der Waals surface area contributed by atoms with Gasteiger partial charge in [0.1, 0.15) is 11.6 Å². The quantitative estimate of drug-likeness (QED) is 0.825. The van der Waals surface area contributed by atoms with Crippen LogP contribution in [0.5, 0.6) is 0 Å². The molecule has 0 aliphatic heterocycles. The van der Waals surface area contributed by atoms with Crippen LogP contribution in [0.2, 0.25) is 0 Å². The van der Waals surface area contributed by atoms with Crippen molar-refractivity contribution in [3.05, 3.63) is 17.1 Å². The van der Waals surface area contributed by atoms with E-state index >= 15 is 0 Å². The highest BCUT2D eigenvalue weighted by Crippen LogP contribution is 2.22. The highest BCUT2D eigenvalue weighted by molar-refractivity contribution is 5.46. The lowest BCUT2D eigenvalue weighted by atomic mass is 10.1. The second kappa shape index (κ2) is 5.10. The third kappa shape index (κ3) is 2.67. The normalized spacial score (nSPS) is 10.8. The van der Waals surface area contributed by atoms with Gasteiger partial charge in [0, 0.05) is 18.5 Å². The van der Waals surface area contributed by atoms with Gasteiger partial charge in [-0.3, -0.25) is 0 Å². The minimum Gasteiger partial charge on any atom is -0.370 e. The molecule has 1 N–H and O–H groups in total. The van der Waals surface area contributed by atoms with E-state index in [1.807, 2.05) is 0 Å². The van der Waals surface area contributed by atoms with Crippen molar-refractivity contribution in [3.8, 4) is 0 Å². The van der Waals surface area contributed by atoms with Gasteiger partial charge in [0.2, 0.25) is 0 Å². The second-order valence-electron chi connectivity index (χ2n) is 4.04. The van der Waals surface area contributed by atoms with E-state index in [1.54, 1.807) is 0 Å². The van der Waals surface area contributed by atoms with E-state index in [2.05, 4.69) is 49.9 Å². The minimum absolute atomic E-state index is 0.454. The highest BCUT2D eigenvalue weighted by atomic mass is 15.0. The maximum absolute atomic E-state index is 4.58. The standard InChI is InChI=1S/C12H21N3/c1-6-10-14-11(8(3)4)9(5)12(15-10)13-7-2/h8H,6-7H2,1-5H3,(H,13,14,15). The van der Waals surface area contributed by atoms with Gasteiger partial charge < -0.3 is 5.32 Å². The van der Waals surface area contributed by atoms with Crippen molar-refractivity contribution in [2.45, 2.75) is 47.0 Å². The van der Waals surface area contributed by atoms with Crippen LogP contribution >= 0.6 is 0 Å². The topological polar surface area (TPSA) is 37.8 Å². The monoisotopic (exact) mass is 207 g/mol. The van der Waals surface area contributed by atoms with E-state index in [1.165, 1.54) is 5.56 Å². The van der Waals surface area contributed by atoms with Crippen LogP contribution in [0.3, 0.4) is 0 Å². The summed E-state index contributed by atoms with van der Waals surface area (Å²) < 4.78 is 0. The van der Waals surface area contributed by atoms with Crippen molar-refractivity contribution < 1.29 is 0 Å². The Morgan fingerprint density at radius 3 is 2.33 bits per heavy atom. The molecular formula is C12H21N3. The fraction of sp³-hybridized carbons (Fsp3) is 0.667. The minimum atomic E-state index is 0.454. The molecule has 0 radical (unpaired) electrons. The highest BCUT2D eigenvalue weighted by Gasteiger charge is 2.11. The molecule has 0 amide bonds. The molecule has 3 nitrogen and oxygen atoms in total. The number of aromatic nitrogens is 2. The average molecular weight is 207 g/mol. The Morgan fingerprint density at radius 1 is 1.20 bits per heavy atom. The molecule has 1 aromatic heterocycles. The van der Waals surface area contributed by atoms with Gasteiger partial charge in [-0.25, -0.2) is 9.97 Å². The molecular weight excluding hydrogens is 186 g/mol. The number of nitrogens with one attached hydrogen (secondary N) is 1. The predicted molar refractivity (Wildman–Crippen MR) is 64.4 cm³/mol. The number of hydrogen-bond donors (Lipinski definition) is 1. The molecule has 0 spiro atoms. The number of hydrogen-bond acceptors (Lipinski definition) is 3. The van der Waals surface area contributed by atoms with E-state index in [-0.39, 0.29) is 0 Å². The Labute approximate surface area is 92.3 Å². The first-order valence-electron chi connectivity index (χ1n) is 5.71. The van der Waals surface area contributed by atoms with E-state index in [4.69, 9.17) is 0 Å². The maximum atomic E-state index is 4.58. The van der Waals surface area contributed by atoms with Gasteiger partial charge in [-0.05, 0) is 19.8 Å². The van der Waals surface area contributed by atoms with Crippen LogP contribution in [0.15, 0.2) is 0 Å². The molecule has 0 atom stereocenters. The predicted octanol–water partition coefficient (Wildman–Crippen LogP) is 2.90. The summed E-state index contributed by atoms with van der Waals surface area (Å²) >= 11 is 0. The van der Waals surface area contributed by atoms with Crippen molar-refractivity contribution >= 4 is 5.82 Å². The molecule has 0 saturated heterocycles. The average Bonchev–Trinajstić information content (AvgIpc) is 2.21. The van der Waals surface area contributed by atoms with Gasteiger partial charge in [0.25, 0.3) is 0 Å². The molecule has 0 aliphatic carbocycles. The van der Waals surface area contributed by atoms with Gasteiger partial charge in [0.05, 0.1) is 5.69 Å². The van der Waals surface area contributed by atoms with Crippen LogP contribution in [-0.2, 0) is 6.42 Å².